The number of amides is 3. The second-order valence-corrected chi connectivity index (χ2v) is 5.42. The van der Waals surface area contributed by atoms with Gasteiger partial charge in [-0.15, -0.1) is 0 Å². The molecule has 128 valence electrons. The van der Waals surface area contributed by atoms with Crippen molar-refractivity contribution in [3.8, 4) is 0 Å². The molecule has 3 amide bonds. The minimum absolute atomic E-state index is 0.319. The van der Waals surface area contributed by atoms with Crippen molar-refractivity contribution in [3.05, 3.63) is 66.2 Å². The topological polar surface area (TPSA) is 92.9 Å². The first-order valence-electron chi connectivity index (χ1n) is 7.73. The highest BCUT2D eigenvalue weighted by molar-refractivity contribution is 6.14. The average molecular weight is 339 g/mol. The summed E-state index contributed by atoms with van der Waals surface area (Å²) in [5.41, 5.74) is 6.45. The minimum Gasteiger partial charge on any atom is -0.443 e. The van der Waals surface area contributed by atoms with Gasteiger partial charge in [0.2, 0.25) is 0 Å². The van der Waals surface area contributed by atoms with E-state index < -0.39 is 30.7 Å². The molecule has 1 aliphatic rings. The van der Waals surface area contributed by atoms with Crippen LogP contribution in [0.15, 0.2) is 60.7 Å². The Labute approximate surface area is 144 Å². The molecule has 0 spiro atoms. The molecule has 2 aromatic rings. The van der Waals surface area contributed by atoms with E-state index in [-0.39, 0.29) is 6.54 Å². The van der Waals surface area contributed by atoms with Gasteiger partial charge in [-0.25, -0.2) is 9.69 Å². The van der Waals surface area contributed by atoms with Crippen LogP contribution in [0.3, 0.4) is 0 Å². The van der Waals surface area contributed by atoms with Gasteiger partial charge in [-0.2, -0.15) is 0 Å². The van der Waals surface area contributed by atoms with E-state index in [1.807, 2.05) is 12.1 Å². The van der Waals surface area contributed by atoms with Gasteiger partial charge in [-0.3, -0.25) is 14.5 Å². The summed E-state index contributed by atoms with van der Waals surface area (Å²) in [5.74, 6) is -1.14. The fourth-order valence-electron chi connectivity index (χ4n) is 2.68. The maximum absolute atomic E-state index is 12.8. The average Bonchev–Trinajstić information content (AvgIpc) is 2.91. The number of para-hydroxylation sites is 1. The fourth-order valence-corrected chi connectivity index (χ4v) is 2.68. The number of benzene rings is 2. The number of esters is 1. The van der Waals surface area contributed by atoms with Crippen LogP contribution in [0.4, 0.5) is 10.5 Å². The fraction of sp³-hybridized carbons (Fsp3) is 0.167. The number of hydrogen-bond donors (Lipinski definition) is 1. The monoisotopic (exact) mass is 339 g/mol. The standard InChI is InChI=1S/C18H17N3O4/c19-11-15(22)25-12-20-17(23)16(13-7-3-1-4-8-13)21(18(20)24)14-9-5-2-6-10-14/h1-10,16H,11-12,19H2. The van der Waals surface area contributed by atoms with Crippen LogP contribution in [-0.2, 0) is 14.3 Å². The number of carbonyl (C=O) groups excluding carboxylic acids is 3. The predicted molar refractivity (Wildman–Crippen MR) is 90.4 cm³/mol. The first-order valence-corrected chi connectivity index (χ1v) is 7.73. The van der Waals surface area contributed by atoms with Crippen molar-refractivity contribution in [2.75, 3.05) is 18.2 Å². The molecule has 1 fully saturated rings. The molecule has 1 aliphatic heterocycles. The number of nitrogens with zero attached hydrogens (tertiary/aromatic N) is 2. The summed E-state index contributed by atoms with van der Waals surface area (Å²) < 4.78 is 4.88. The van der Waals surface area contributed by atoms with E-state index in [1.54, 1.807) is 48.5 Å². The number of carbonyl (C=O) groups is 3. The van der Waals surface area contributed by atoms with Crippen LogP contribution in [0.5, 0.6) is 0 Å². The predicted octanol–water partition coefficient (Wildman–Crippen LogP) is 1.66. The van der Waals surface area contributed by atoms with Crippen molar-refractivity contribution in [2.24, 2.45) is 5.73 Å². The summed E-state index contributed by atoms with van der Waals surface area (Å²) in [5, 5.41) is 0. The second-order valence-electron chi connectivity index (χ2n) is 5.42. The number of anilines is 1. The molecule has 7 heteroatoms. The quantitative estimate of drug-likeness (QED) is 0.660. The van der Waals surface area contributed by atoms with Crippen LogP contribution >= 0.6 is 0 Å². The highest BCUT2D eigenvalue weighted by Crippen LogP contribution is 2.35. The molecule has 2 N–H and O–H groups in total. The van der Waals surface area contributed by atoms with E-state index in [4.69, 9.17) is 10.5 Å². The van der Waals surface area contributed by atoms with Crippen molar-refractivity contribution in [2.45, 2.75) is 6.04 Å². The van der Waals surface area contributed by atoms with E-state index in [0.29, 0.717) is 11.3 Å². The van der Waals surface area contributed by atoms with E-state index in [1.165, 1.54) is 4.90 Å². The van der Waals surface area contributed by atoms with Gasteiger partial charge < -0.3 is 10.5 Å². The molecule has 0 aliphatic carbocycles. The lowest BCUT2D eigenvalue weighted by molar-refractivity contribution is -0.148. The molecule has 2 aromatic carbocycles. The molecule has 1 atom stereocenters. The largest absolute Gasteiger partial charge is 0.443 e. The molecule has 25 heavy (non-hydrogen) atoms. The molecular formula is C18H17N3O4. The SMILES string of the molecule is NCC(=O)OCN1C(=O)C(c2ccccc2)N(c2ccccc2)C1=O. The summed E-state index contributed by atoms with van der Waals surface area (Å²) in [6.07, 6.45) is 0. The molecule has 1 heterocycles. The zero-order chi connectivity index (χ0) is 17.8. The van der Waals surface area contributed by atoms with Crippen molar-refractivity contribution in [1.29, 1.82) is 0 Å². The van der Waals surface area contributed by atoms with Gasteiger partial charge in [0.25, 0.3) is 5.91 Å². The van der Waals surface area contributed by atoms with Crippen LogP contribution < -0.4 is 10.6 Å². The van der Waals surface area contributed by atoms with Gasteiger partial charge in [0.1, 0.15) is 6.04 Å². The molecule has 0 bridgehead atoms. The number of nitrogens with two attached hydrogens (primary N) is 1. The lowest BCUT2D eigenvalue weighted by Crippen LogP contribution is -2.36. The van der Waals surface area contributed by atoms with Gasteiger partial charge >= 0.3 is 12.0 Å². The second kappa shape index (κ2) is 7.14. The molecule has 0 radical (unpaired) electrons. The third-order valence-electron chi connectivity index (χ3n) is 3.87. The lowest BCUT2D eigenvalue weighted by Gasteiger charge is -2.22. The Morgan fingerprint density at radius 3 is 2.20 bits per heavy atom. The van der Waals surface area contributed by atoms with E-state index in [9.17, 15) is 14.4 Å². The zero-order valence-electron chi connectivity index (χ0n) is 13.4. The minimum atomic E-state index is -0.812. The van der Waals surface area contributed by atoms with E-state index in [0.717, 1.165) is 4.90 Å². The van der Waals surface area contributed by atoms with Crippen molar-refractivity contribution in [3.63, 3.8) is 0 Å². The van der Waals surface area contributed by atoms with Gasteiger partial charge in [-0.1, -0.05) is 48.5 Å². The van der Waals surface area contributed by atoms with E-state index in [2.05, 4.69) is 0 Å². The van der Waals surface area contributed by atoms with E-state index >= 15 is 0 Å². The Kier molecular flexibility index (Phi) is 4.76. The molecule has 1 saturated heterocycles. The lowest BCUT2D eigenvalue weighted by atomic mass is 10.1. The van der Waals surface area contributed by atoms with Crippen LogP contribution in [0, 0.1) is 0 Å². The number of ether oxygens (including phenoxy) is 1. The third kappa shape index (κ3) is 3.22. The Bertz CT molecular complexity index is 722. The summed E-state index contributed by atoms with van der Waals surface area (Å²) in [4.78, 5) is 39.2. The third-order valence-corrected chi connectivity index (χ3v) is 3.87. The number of imide groups is 1. The maximum Gasteiger partial charge on any atom is 0.335 e. The first kappa shape index (κ1) is 16.7. The summed E-state index contributed by atoms with van der Waals surface area (Å²) in [6.45, 7) is -0.777. The number of hydrogen-bond acceptors (Lipinski definition) is 5. The maximum atomic E-state index is 12.8. The number of urea groups is 1. The summed E-state index contributed by atoms with van der Waals surface area (Å²) in [7, 11) is 0. The molecular weight excluding hydrogens is 322 g/mol. The molecule has 7 nitrogen and oxygen atoms in total. The van der Waals surface area contributed by atoms with Crippen LogP contribution in [-0.4, -0.2) is 36.1 Å². The van der Waals surface area contributed by atoms with Crippen LogP contribution in [0.2, 0.25) is 0 Å². The van der Waals surface area contributed by atoms with Gasteiger partial charge in [0.05, 0.1) is 6.54 Å². The Balaban J connectivity index is 1.97. The van der Waals surface area contributed by atoms with Crippen LogP contribution in [0.25, 0.3) is 0 Å². The molecule has 0 saturated carbocycles. The van der Waals surface area contributed by atoms with Crippen molar-refractivity contribution < 1.29 is 19.1 Å². The molecule has 0 aromatic heterocycles. The zero-order valence-corrected chi connectivity index (χ0v) is 13.4. The smallest absolute Gasteiger partial charge is 0.335 e. The normalized spacial score (nSPS) is 17.1. The summed E-state index contributed by atoms with van der Waals surface area (Å²) >= 11 is 0. The van der Waals surface area contributed by atoms with Gasteiger partial charge in [0.15, 0.2) is 6.73 Å². The first-order chi connectivity index (χ1) is 12.1. The summed E-state index contributed by atoms with van der Waals surface area (Å²) in [6, 6.07) is 16.5. The Hall–Kier alpha value is -3.19. The highest BCUT2D eigenvalue weighted by Gasteiger charge is 2.47. The Morgan fingerprint density at radius 1 is 1.00 bits per heavy atom. The van der Waals surface area contributed by atoms with Gasteiger partial charge in [-0.05, 0) is 17.7 Å². The van der Waals surface area contributed by atoms with Crippen LogP contribution in [0.1, 0.15) is 11.6 Å². The molecule has 3 rings (SSSR count). The van der Waals surface area contributed by atoms with Crippen molar-refractivity contribution in [1.82, 2.24) is 4.90 Å². The Morgan fingerprint density at radius 2 is 1.60 bits per heavy atom. The number of rotatable bonds is 5. The highest BCUT2D eigenvalue weighted by atomic mass is 16.5. The van der Waals surface area contributed by atoms with Gasteiger partial charge in [0, 0.05) is 5.69 Å². The van der Waals surface area contributed by atoms with Crippen molar-refractivity contribution >= 4 is 23.6 Å². The molecule has 1 unspecified atom stereocenters.